The van der Waals surface area contributed by atoms with Gasteiger partial charge in [-0.3, -0.25) is 0 Å². The van der Waals surface area contributed by atoms with E-state index in [1.54, 1.807) is 6.08 Å². The van der Waals surface area contributed by atoms with Crippen LogP contribution in [-0.4, -0.2) is 5.11 Å². The van der Waals surface area contributed by atoms with Gasteiger partial charge in [0.05, 0.1) is 0 Å². The zero-order chi connectivity index (χ0) is 6.85. The predicted molar refractivity (Wildman–Crippen MR) is 38.2 cm³/mol. The molecule has 0 spiro atoms. The van der Waals surface area contributed by atoms with E-state index < -0.39 is 0 Å². The van der Waals surface area contributed by atoms with Crippen LogP contribution in [0.25, 0.3) is 0 Å². The second-order valence-corrected chi connectivity index (χ2v) is 2.71. The van der Waals surface area contributed by atoms with Gasteiger partial charge in [0.1, 0.15) is 5.76 Å². The Kier molecular flexibility index (Phi) is 1.60. The third-order valence-corrected chi connectivity index (χ3v) is 1.65. The second-order valence-electron chi connectivity index (χ2n) is 2.71. The molecule has 0 aromatic heterocycles. The number of allylic oxidation sites excluding steroid dienone is 3. The molecule has 50 valence electrons. The van der Waals surface area contributed by atoms with Crippen LogP contribution in [0.15, 0.2) is 23.5 Å². The van der Waals surface area contributed by atoms with Crippen molar-refractivity contribution in [3.8, 4) is 0 Å². The van der Waals surface area contributed by atoms with E-state index in [0.29, 0.717) is 11.7 Å². The van der Waals surface area contributed by atoms with Crippen LogP contribution in [0.3, 0.4) is 0 Å². The van der Waals surface area contributed by atoms with Crippen LogP contribution >= 0.6 is 0 Å². The van der Waals surface area contributed by atoms with Crippen LogP contribution in [0, 0.1) is 5.92 Å². The highest BCUT2D eigenvalue weighted by molar-refractivity contribution is 5.23. The molecule has 0 aromatic rings. The van der Waals surface area contributed by atoms with Crippen molar-refractivity contribution in [3.05, 3.63) is 23.5 Å². The van der Waals surface area contributed by atoms with Gasteiger partial charge in [0.25, 0.3) is 0 Å². The van der Waals surface area contributed by atoms with Crippen LogP contribution in [0.4, 0.5) is 0 Å². The zero-order valence-corrected chi connectivity index (χ0v) is 5.89. The van der Waals surface area contributed by atoms with Crippen molar-refractivity contribution < 1.29 is 5.11 Å². The van der Waals surface area contributed by atoms with Gasteiger partial charge in [-0.25, -0.2) is 0 Å². The van der Waals surface area contributed by atoms with E-state index in [-0.39, 0.29) is 0 Å². The summed E-state index contributed by atoms with van der Waals surface area (Å²) in [6.07, 6.45) is 4.81. The van der Waals surface area contributed by atoms with Crippen LogP contribution in [0.1, 0.15) is 20.3 Å². The summed E-state index contributed by atoms with van der Waals surface area (Å²) < 4.78 is 0. The van der Waals surface area contributed by atoms with Crippen molar-refractivity contribution in [1.29, 1.82) is 0 Å². The maximum absolute atomic E-state index is 9.09. The minimum absolute atomic E-state index is 0.452. The number of hydrogen-bond acceptors (Lipinski definition) is 1. The van der Waals surface area contributed by atoms with Crippen molar-refractivity contribution in [3.63, 3.8) is 0 Å². The SMILES string of the molecule is CC1=C(O)C=CC(C)C1. The Balaban J connectivity index is 2.75. The minimum Gasteiger partial charge on any atom is -0.508 e. The lowest BCUT2D eigenvalue weighted by Gasteiger charge is -2.12. The van der Waals surface area contributed by atoms with Crippen LogP contribution in [-0.2, 0) is 0 Å². The second kappa shape index (κ2) is 2.26. The summed E-state index contributed by atoms with van der Waals surface area (Å²) >= 11 is 0. The average Bonchev–Trinajstić information content (AvgIpc) is 1.80. The summed E-state index contributed by atoms with van der Waals surface area (Å²) in [5.41, 5.74) is 1.10. The van der Waals surface area contributed by atoms with Gasteiger partial charge in [-0.15, -0.1) is 0 Å². The van der Waals surface area contributed by atoms with Gasteiger partial charge in [-0.05, 0) is 30.9 Å². The monoisotopic (exact) mass is 124 g/mol. The first-order chi connectivity index (χ1) is 4.20. The van der Waals surface area contributed by atoms with Gasteiger partial charge >= 0.3 is 0 Å². The summed E-state index contributed by atoms with van der Waals surface area (Å²) in [6.45, 7) is 4.11. The normalized spacial score (nSPS) is 27.1. The van der Waals surface area contributed by atoms with E-state index in [4.69, 9.17) is 5.11 Å². The molecule has 0 saturated carbocycles. The number of hydrogen-bond donors (Lipinski definition) is 1. The zero-order valence-electron chi connectivity index (χ0n) is 5.89. The summed E-state index contributed by atoms with van der Waals surface area (Å²) in [4.78, 5) is 0. The molecule has 1 unspecified atom stereocenters. The Morgan fingerprint density at radius 2 is 2.33 bits per heavy atom. The molecule has 0 radical (unpaired) electrons. The quantitative estimate of drug-likeness (QED) is 0.525. The highest BCUT2D eigenvalue weighted by Crippen LogP contribution is 2.20. The highest BCUT2D eigenvalue weighted by atomic mass is 16.3. The lowest BCUT2D eigenvalue weighted by molar-refractivity contribution is 0.414. The van der Waals surface area contributed by atoms with Crippen LogP contribution in [0.5, 0.6) is 0 Å². The molecule has 0 amide bonds. The first-order valence-corrected chi connectivity index (χ1v) is 3.27. The van der Waals surface area contributed by atoms with Crippen molar-refractivity contribution >= 4 is 0 Å². The Morgan fingerprint density at radius 1 is 1.67 bits per heavy atom. The van der Waals surface area contributed by atoms with E-state index >= 15 is 0 Å². The fraction of sp³-hybridized carbons (Fsp3) is 0.500. The number of rotatable bonds is 0. The fourth-order valence-corrected chi connectivity index (χ4v) is 1.05. The molecule has 9 heavy (non-hydrogen) atoms. The molecule has 1 nitrogen and oxygen atoms in total. The molecule has 0 heterocycles. The lowest BCUT2D eigenvalue weighted by atomic mass is 9.96. The van der Waals surface area contributed by atoms with Crippen molar-refractivity contribution in [2.24, 2.45) is 5.92 Å². The standard InChI is InChI=1S/C8H12O/c1-6-3-4-8(9)7(2)5-6/h3-4,6,9H,5H2,1-2H3. The molecule has 0 saturated heterocycles. The summed E-state index contributed by atoms with van der Waals surface area (Å²) in [7, 11) is 0. The molecule has 0 aromatic carbocycles. The number of aliphatic hydroxyl groups excluding tert-OH is 1. The molecule has 0 fully saturated rings. The maximum Gasteiger partial charge on any atom is 0.114 e. The molecule has 0 aliphatic heterocycles. The van der Waals surface area contributed by atoms with E-state index in [1.807, 2.05) is 13.0 Å². The van der Waals surface area contributed by atoms with Gasteiger partial charge < -0.3 is 5.11 Å². The molecule has 1 heteroatoms. The molecule has 1 rings (SSSR count). The molecular weight excluding hydrogens is 112 g/mol. The smallest absolute Gasteiger partial charge is 0.114 e. The lowest BCUT2D eigenvalue weighted by Crippen LogP contribution is -1.98. The third-order valence-electron chi connectivity index (χ3n) is 1.65. The summed E-state index contributed by atoms with van der Waals surface area (Å²) in [5.74, 6) is 1.05. The summed E-state index contributed by atoms with van der Waals surface area (Å²) in [6, 6.07) is 0. The first kappa shape index (κ1) is 6.40. The molecular formula is C8H12O. The molecule has 1 aliphatic rings. The maximum atomic E-state index is 9.09. The van der Waals surface area contributed by atoms with Gasteiger partial charge in [-0.2, -0.15) is 0 Å². The Hall–Kier alpha value is -0.720. The van der Waals surface area contributed by atoms with Crippen LogP contribution in [0.2, 0.25) is 0 Å². The Morgan fingerprint density at radius 3 is 2.78 bits per heavy atom. The van der Waals surface area contributed by atoms with Gasteiger partial charge in [0, 0.05) is 0 Å². The van der Waals surface area contributed by atoms with E-state index in [9.17, 15) is 0 Å². The largest absolute Gasteiger partial charge is 0.508 e. The van der Waals surface area contributed by atoms with Crippen molar-refractivity contribution in [1.82, 2.24) is 0 Å². The molecule has 0 bridgehead atoms. The Bertz CT molecular complexity index is 165. The third kappa shape index (κ3) is 1.35. The van der Waals surface area contributed by atoms with Crippen molar-refractivity contribution in [2.45, 2.75) is 20.3 Å². The highest BCUT2D eigenvalue weighted by Gasteiger charge is 2.06. The van der Waals surface area contributed by atoms with Gasteiger partial charge in [0.15, 0.2) is 0 Å². The van der Waals surface area contributed by atoms with Crippen LogP contribution < -0.4 is 0 Å². The molecule has 1 atom stereocenters. The van der Waals surface area contributed by atoms with Crippen molar-refractivity contribution in [2.75, 3.05) is 0 Å². The van der Waals surface area contributed by atoms with Gasteiger partial charge in [-0.1, -0.05) is 13.0 Å². The Labute approximate surface area is 55.7 Å². The molecule has 1 aliphatic carbocycles. The predicted octanol–water partition coefficient (Wildman–Crippen LogP) is 2.41. The fourth-order valence-electron chi connectivity index (χ4n) is 1.05. The van der Waals surface area contributed by atoms with E-state index in [1.165, 1.54) is 0 Å². The molecule has 1 N–H and O–H groups in total. The van der Waals surface area contributed by atoms with E-state index in [0.717, 1.165) is 12.0 Å². The first-order valence-electron chi connectivity index (χ1n) is 3.27. The van der Waals surface area contributed by atoms with Gasteiger partial charge in [0.2, 0.25) is 0 Å². The number of aliphatic hydroxyl groups is 1. The average molecular weight is 124 g/mol. The summed E-state index contributed by atoms with van der Waals surface area (Å²) in [5, 5.41) is 9.09. The van der Waals surface area contributed by atoms with E-state index in [2.05, 4.69) is 6.92 Å². The minimum atomic E-state index is 0.452. The topological polar surface area (TPSA) is 20.2 Å².